The van der Waals surface area contributed by atoms with E-state index in [1.54, 1.807) is 25.4 Å². The third-order valence-electron chi connectivity index (χ3n) is 1.76. The SMILES string of the molecule is C=C(/C=C\C=NC)Oc1cccc(C)c1. The van der Waals surface area contributed by atoms with Gasteiger partial charge in [-0.3, -0.25) is 4.99 Å². The highest BCUT2D eigenvalue weighted by molar-refractivity contribution is 5.71. The van der Waals surface area contributed by atoms with Crippen LogP contribution in [-0.4, -0.2) is 13.3 Å². The minimum atomic E-state index is 0.598. The zero-order valence-electron chi connectivity index (χ0n) is 9.10. The van der Waals surface area contributed by atoms with Crippen LogP contribution in [0.25, 0.3) is 0 Å². The summed E-state index contributed by atoms with van der Waals surface area (Å²) >= 11 is 0. The van der Waals surface area contributed by atoms with Crippen molar-refractivity contribution in [2.24, 2.45) is 4.99 Å². The van der Waals surface area contributed by atoms with E-state index in [9.17, 15) is 0 Å². The Bertz CT molecular complexity index is 391. The molecule has 0 radical (unpaired) electrons. The Hall–Kier alpha value is -1.83. The molecule has 1 aromatic carbocycles. The number of benzene rings is 1. The van der Waals surface area contributed by atoms with Gasteiger partial charge >= 0.3 is 0 Å². The first-order valence-electron chi connectivity index (χ1n) is 4.74. The summed E-state index contributed by atoms with van der Waals surface area (Å²) in [6, 6.07) is 7.84. The Balaban J connectivity index is 2.59. The average Bonchev–Trinajstić information content (AvgIpc) is 2.18. The number of rotatable bonds is 4. The maximum atomic E-state index is 5.50. The molecule has 0 aromatic heterocycles. The van der Waals surface area contributed by atoms with Crippen molar-refractivity contribution >= 4 is 6.21 Å². The van der Waals surface area contributed by atoms with Crippen molar-refractivity contribution in [2.75, 3.05) is 7.05 Å². The summed E-state index contributed by atoms with van der Waals surface area (Å²) in [6.45, 7) is 5.80. The molecule has 0 N–H and O–H groups in total. The third-order valence-corrected chi connectivity index (χ3v) is 1.76. The zero-order chi connectivity index (χ0) is 11.1. The van der Waals surface area contributed by atoms with Crippen LogP contribution in [-0.2, 0) is 0 Å². The molecule has 0 bridgehead atoms. The molecule has 78 valence electrons. The molecular formula is C13H15NO. The van der Waals surface area contributed by atoms with Gasteiger partial charge in [0.1, 0.15) is 11.5 Å². The van der Waals surface area contributed by atoms with Crippen LogP contribution in [0.1, 0.15) is 5.56 Å². The molecule has 0 fully saturated rings. The van der Waals surface area contributed by atoms with Gasteiger partial charge in [0.25, 0.3) is 0 Å². The standard InChI is InChI=1S/C13H15NO/c1-11-6-4-8-13(10-11)15-12(2)7-5-9-14-3/h4-10H,2H2,1,3H3/b7-5-,14-9?. The minimum Gasteiger partial charge on any atom is -0.458 e. The monoisotopic (exact) mass is 201 g/mol. The van der Waals surface area contributed by atoms with E-state index in [1.807, 2.05) is 31.2 Å². The highest BCUT2D eigenvalue weighted by Crippen LogP contribution is 2.15. The van der Waals surface area contributed by atoms with Crippen molar-refractivity contribution < 1.29 is 4.74 Å². The first-order chi connectivity index (χ1) is 7.22. The molecular weight excluding hydrogens is 186 g/mol. The van der Waals surface area contributed by atoms with Crippen molar-refractivity contribution in [3.8, 4) is 5.75 Å². The van der Waals surface area contributed by atoms with Crippen LogP contribution in [0.5, 0.6) is 5.75 Å². The number of hydrogen-bond acceptors (Lipinski definition) is 2. The Morgan fingerprint density at radius 1 is 1.47 bits per heavy atom. The molecule has 1 rings (SSSR count). The number of nitrogens with zero attached hydrogens (tertiary/aromatic N) is 1. The summed E-state index contributed by atoms with van der Waals surface area (Å²) in [5.74, 6) is 1.40. The van der Waals surface area contributed by atoms with E-state index < -0.39 is 0 Å². The summed E-state index contributed by atoms with van der Waals surface area (Å²) in [5, 5.41) is 0. The Morgan fingerprint density at radius 3 is 2.93 bits per heavy atom. The first-order valence-corrected chi connectivity index (χ1v) is 4.74. The Labute approximate surface area is 90.6 Å². The smallest absolute Gasteiger partial charge is 0.127 e. The van der Waals surface area contributed by atoms with Gasteiger partial charge in [0.05, 0.1) is 0 Å². The topological polar surface area (TPSA) is 21.6 Å². The largest absolute Gasteiger partial charge is 0.458 e. The van der Waals surface area contributed by atoms with E-state index in [2.05, 4.69) is 11.6 Å². The number of allylic oxidation sites excluding steroid dienone is 2. The predicted molar refractivity (Wildman–Crippen MR) is 64.5 cm³/mol. The summed E-state index contributed by atoms with van der Waals surface area (Å²) in [7, 11) is 1.72. The molecule has 0 saturated heterocycles. The molecule has 0 amide bonds. The van der Waals surface area contributed by atoms with Gasteiger partial charge in [0.15, 0.2) is 0 Å². The molecule has 0 heterocycles. The number of ether oxygens (including phenoxy) is 1. The van der Waals surface area contributed by atoms with E-state index in [0.717, 1.165) is 5.75 Å². The lowest BCUT2D eigenvalue weighted by Crippen LogP contribution is -1.90. The van der Waals surface area contributed by atoms with Crippen molar-refractivity contribution in [3.63, 3.8) is 0 Å². The highest BCUT2D eigenvalue weighted by atomic mass is 16.5. The van der Waals surface area contributed by atoms with Crippen LogP contribution in [0.3, 0.4) is 0 Å². The number of aryl methyl sites for hydroxylation is 1. The van der Waals surface area contributed by atoms with E-state index in [4.69, 9.17) is 4.74 Å². The molecule has 0 aliphatic rings. The maximum absolute atomic E-state index is 5.50. The summed E-state index contributed by atoms with van der Waals surface area (Å²) in [6.07, 6.45) is 5.25. The molecule has 1 aromatic rings. The van der Waals surface area contributed by atoms with Gasteiger partial charge in [-0.1, -0.05) is 18.7 Å². The minimum absolute atomic E-state index is 0.598. The van der Waals surface area contributed by atoms with E-state index in [1.165, 1.54) is 5.56 Å². The van der Waals surface area contributed by atoms with Crippen LogP contribution in [0.4, 0.5) is 0 Å². The molecule has 2 nitrogen and oxygen atoms in total. The molecule has 0 aliphatic heterocycles. The second-order valence-corrected chi connectivity index (χ2v) is 3.15. The lowest BCUT2D eigenvalue weighted by molar-refractivity contribution is 0.447. The number of hydrogen-bond donors (Lipinski definition) is 0. The molecule has 0 spiro atoms. The molecule has 0 saturated carbocycles. The highest BCUT2D eigenvalue weighted by Gasteiger charge is 1.94. The fourth-order valence-electron chi connectivity index (χ4n) is 1.10. The second-order valence-electron chi connectivity index (χ2n) is 3.15. The van der Waals surface area contributed by atoms with E-state index in [-0.39, 0.29) is 0 Å². The predicted octanol–water partition coefficient (Wildman–Crippen LogP) is 3.14. The van der Waals surface area contributed by atoms with Crippen molar-refractivity contribution in [3.05, 3.63) is 54.3 Å². The van der Waals surface area contributed by atoms with Gasteiger partial charge < -0.3 is 4.74 Å². The Morgan fingerprint density at radius 2 is 2.27 bits per heavy atom. The molecule has 15 heavy (non-hydrogen) atoms. The fourth-order valence-corrected chi connectivity index (χ4v) is 1.10. The van der Waals surface area contributed by atoms with Gasteiger partial charge in [-0.25, -0.2) is 0 Å². The number of aliphatic imine (C=N–C) groups is 1. The fraction of sp³-hybridized carbons (Fsp3) is 0.154. The van der Waals surface area contributed by atoms with Gasteiger partial charge in [-0.05, 0) is 36.8 Å². The summed E-state index contributed by atoms with van der Waals surface area (Å²) < 4.78 is 5.50. The van der Waals surface area contributed by atoms with Crippen LogP contribution in [0.2, 0.25) is 0 Å². The summed E-state index contributed by atoms with van der Waals surface area (Å²) in [5.41, 5.74) is 1.17. The first kappa shape index (κ1) is 11.2. The van der Waals surface area contributed by atoms with Crippen LogP contribution in [0, 0.1) is 6.92 Å². The Kier molecular flexibility index (Phi) is 4.35. The van der Waals surface area contributed by atoms with Crippen LogP contribution in [0.15, 0.2) is 53.7 Å². The molecule has 2 heteroatoms. The van der Waals surface area contributed by atoms with E-state index >= 15 is 0 Å². The molecule has 0 unspecified atom stereocenters. The second kappa shape index (κ2) is 5.81. The molecule has 0 aliphatic carbocycles. The van der Waals surface area contributed by atoms with Gasteiger partial charge in [0, 0.05) is 13.3 Å². The van der Waals surface area contributed by atoms with Crippen molar-refractivity contribution in [2.45, 2.75) is 6.92 Å². The van der Waals surface area contributed by atoms with Crippen LogP contribution < -0.4 is 4.74 Å². The normalized spacial score (nSPS) is 11.1. The lowest BCUT2D eigenvalue weighted by atomic mass is 10.2. The zero-order valence-corrected chi connectivity index (χ0v) is 9.10. The quantitative estimate of drug-likeness (QED) is 0.416. The molecule has 0 atom stereocenters. The van der Waals surface area contributed by atoms with Gasteiger partial charge in [0.2, 0.25) is 0 Å². The van der Waals surface area contributed by atoms with Gasteiger partial charge in [-0.15, -0.1) is 0 Å². The lowest BCUT2D eigenvalue weighted by Gasteiger charge is -2.04. The van der Waals surface area contributed by atoms with Gasteiger partial charge in [-0.2, -0.15) is 0 Å². The summed E-state index contributed by atoms with van der Waals surface area (Å²) in [4.78, 5) is 3.82. The maximum Gasteiger partial charge on any atom is 0.127 e. The van der Waals surface area contributed by atoms with Crippen molar-refractivity contribution in [1.82, 2.24) is 0 Å². The third kappa shape index (κ3) is 4.27. The average molecular weight is 201 g/mol. The van der Waals surface area contributed by atoms with E-state index in [0.29, 0.717) is 5.76 Å². The van der Waals surface area contributed by atoms with Crippen LogP contribution >= 0.6 is 0 Å². The van der Waals surface area contributed by atoms with Crippen molar-refractivity contribution in [1.29, 1.82) is 0 Å².